The third kappa shape index (κ3) is 4.50. The SMILES string of the molecule is Cc1ccc2[nH]c3c(=O)n(CCC(=O)N4CCC(N(C)c5cccc(Cl)c5Cl)CC4)cnc3c2c1. The molecule has 4 aromatic rings. The Hall–Kier alpha value is -3.03. The van der Waals surface area contributed by atoms with Gasteiger partial charge in [-0.3, -0.25) is 14.2 Å². The van der Waals surface area contributed by atoms with Gasteiger partial charge in [-0.1, -0.05) is 40.9 Å². The molecule has 1 aliphatic heterocycles. The molecular formula is C26H27Cl2N5O2. The Labute approximate surface area is 213 Å². The van der Waals surface area contributed by atoms with Crippen molar-refractivity contribution in [3.63, 3.8) is 0 Å². The maximum atomic E-state index is 13.0. The van der Waals surface area contributed by atoms with Crippen LogP contribution in [-0.4, -0.2) is 51.5 Å². The van der Waals surface area contributed by atoms with Crippen LogP contribution in [0.2, 0.25) is 10.0 Å². The van der Waals surface area contributed by atoms with E-state index in [9.17, 15) is 9.59 Å². The molecule has 1 N–H and O–H groups in total. The highest BCUT2D eigenvalue weighted by molar-refractivity contribution is 6.43. The Kier molecular flexibility index (Phi) is 6.47. The van der Waals surface area contributed by atoms with Gasteiger partial charge in [0.15, 0.2) is 0 Å². The molecule has 1 saturated heterocycles. The first-order chi connectivity index (χ1) is 16.8. The third-order valence-electron chi connectivity index (χ3n) is 6.97. The first-order valence-corrected chi connectivity index (χ1v) is 12.5. The van der Waals surface area contributed by atoms with Crippen molar-refractivity contribution in [3.8, 4) is 0 Å². The summed E-state index contributed by atoms with van der Waals surface area (Å²) in [5, 5.41) is 2.03. The number of nitrogens with zero attached hydrogens (tertiary/aromatic N) is 4. The first-order valence-electron chi connectivity index (χ1n) is 11.8. The van der Waals surface area contributed by atoms with Crippen molar-refractivity contribution < 1.29 is 4.79 Å². The molecule has 2 aromatic carbocycles. The predicted molar refractivity (Wildman–Crippen MR) is 142 cm³/mol. The van der Waals surface area contributed by atoms with E-state index in [0.717, 1.165) is 35.0 Å². The second kappa shape index (κ2) is 9.55. The average Bonchev–Trinajstić information content (AvgIpc) is 3.23. The average molecular weight is 512 g/mol. The number of aryl methyl sites for hydroxylation is 2. The van der Waals surface area contributed by atoms with E-state index in [1.54, 1.807) is 12.4 Å². The number of piperidine rings is 1. The topological polar surface area (TPSA) is 74.2 Å². The molecule has 1 fully saturated rings. The number of aromatic nitrogens is 3. The van der Waals surface area contributed by atoms with Crippen molar-refractivity contribution in [3.05, 3.63) is 68.7 Å². The van der Waals surface area contributed by atoms with Gasteiger partial charge in [-0.2, -0.15) is 0 Å². The number of hydrogen-bond acceptors (Lipinski definition) is 4. The van der Waals surface area contributed by atoms with Crippen LogP contribution in [0.25, 0.3) is 21.9 Å². The van der Waals surface area contributed by atoms with Crippen molar-refractivity contribution in [1.82, 2.24) is 19.4 Å². The summed E-state index contributed by atoms with van der Waals surface area (Å²) >= 11 is 12.6. The molecule has 7 nitrogen and oxygen atoms in total. The van der Waals surface area contributed by atoms with Gasteiger partial charge in [-0.05, 0) is 44.0 Å². The van der Waals surface area contributed by atoms with Gasteiger partial charge < -0.3 is 14.8 Å². The van der Waals surface area contributed by atoms with Crippen molar-refractivity contribution in [2.45, 2.75) is 38.8 Å². The molecule has 5 rings (SSSR count). The van der Waals surface area contributed by atoms with Crippen LogP contribution in [0.15, 0.2) is 47.5 Å². The van der Waals surface area contributed by atoms with Crippen LogP contribution < -0.4 is 10.5 Å². The second-order valence-electron chi connectivity index (χ2n) is 9.19. The molecule has 0 spiro atoms. The maximum Gasteiger partial charge on any atom is 0.277 e. The first kappa shape index (κ1) is 23.7. The molecule has 0 aliphatic carbocycles. The fourth-order valence-corrected chi connectivity index (χ4v) is 5.33. The highest BCUT2D eigenvalue weighted by Crippen LogP contribution is 2.34. The Bertz CT molecular complexity index is 1470. The molecule has 0 saturated carbocycles. The van der Waals surface area contributed by atoms with Gasteiger partial charge in [-0.15, -0.1) is 0 Å². The predicted octanol–water partition coefficient (Wildman–Crippen LogP) is 5.01. The Morgan fingerprint density at radius 3 is 2.74 bits per heavy atom. The summed E-state index contributed by atoms with van der Waals surface area (Å²) in [5.41, 5.74) is 3.89. The zero-order valence-corrected chi connectivity index (χ0v) is 21.2. The number of amides is 1. The number of rotatable bonds is 5. The summed E-state index contributed by atoms with van der Waals surface area (Å²) in [6.07, 6.45) is 3.48. The molecule has 0 atom stereocenters. The Morgan fingerprint density at radius 1 is 1.20 bits per heavy atom. The summed E-state index contributed by atoms with van der Waals surface area (Å²) < 4.78 is 1.52. The van der Waals surface area contributed by atoms with E-state index in [2.05, 4.69) is 14.9 Å². The van der Waals surface area contributed by atoms with Gasteiger partial charge in [0.05, 0.1) is 22.1 Å². The summed E-state index contributed by atoms with van der Waals surface area (Å²) in [7, 11) is 2.01. The number of carbonyl (C=O) groups is 1. The summed E-state index contributed by atoms with van der Waals surface area (Å²) in [6.45, 7) is 3.64. The zero-order valence-electron chi connectivity index (χ0n) is 19.7. The molecule has 3 heterocycles. The quantitative estimate of drug-likeness (QED) is 0.408. The molecule has 2 aromatic heterocycles. The number of benzene rings is 2. The highest BCUT2D eigenvalue weighted by atomic mass is 35.5. The van der Waals surface area contributed by atoms with Crippen molar-refractivity contribution in [2.24, 2.45) is 0 Å². The number of halogens is 2. The normalized spacial score (nSPS) is 14.7. The number of nitrogens with one attached hydrogen (secondary N) is 1. The maximum absolute atomic E-state index is 13.0. The van der Waals surface area contributed by atoms with Gasteiger partial charge >= 0.3 is 0 Å². The Morgan fingerprint density at radius 2 is 1.97 bits per heavy atom. The van der Waals surface area contributed by atoms with E-state index in [-0.39, 0.29) is 23.9 Å². The smallest absolute Gasteiger partial charge is 0.277 e. The molecule has 35 heavy (non-hydrogen) atoms. The third-order valence-corrected chi connectivity index (χ3v) is 7.78. The van der Waals surface area contributed by atoms with E-state index in [0.29, 0.717) is 40.7 Å². The number of H-pyrrole nitrogens is 1. The molecular weight excluding hydrogens is 485 g/mol. The molecule has 182 valence electrons. The molecule has 0 radical (unpaired) electrons. The van der Waals surface area contributed by atoms with Crippen molar-refractivity contribution in [1.29, 1.82) is 0 Å². The largest absolute Gasteiger partial charge is 0.370 e. The van der Waals surface area contributed by atoms with Gasteiger partial charge in [-0.25, -0.2) is 4.98 Å². The van der Waals surface area contributed by atoms with Gasteiger partial charge in [0.1, 0.15) is 11.0 Å². The molecule has 0 bridgehead atoms. The highest BCUT2D eigenvalue weighted by Gasteiger charge is 2.26. The fourth-order valence-electron chi connectivity index (χ4n) is 4.90. The van der Waals surface area contributed by atoms with Crippen molar-refractivity contribution >= 4 is 56.7 Å². The van der Waals surface area contributed by atoms with E-state index >= 15 is 0 Å². The van der Waals surface area contributed by atoms with Gasteiger partial charge in [0.25, 0.3) is 5.56 Å². The zero-order chi connectivity index (χ0) is 24.7. The Balaban J connectivity index is 1.22. The van der Waals surface area contributed by atoms with Crippen LogP contribution >= 0.6 is 23.2 Å². The summed E-state index contributed by atoms with van der Waals surface area (Å²) in [6, 6.07) is 11.9. The monoisotopic (exact) mass is 511 g/mol. The van der Waals surface area contributed by atoms with E-state index in [1.807, 2.05) is 49.2 Å². The summed E-state index contributed by atoms with van der Waals surface area (Å²) in [4.78, 5) is 37.7. The van der Waals surface area contributed by atoms with E-state index in [1.165, 1.54) is 4.57 Å². The van der Waals surface area contributed by atoms with Crippen LogP contribution in [0.3, 0.4) is 0 Å². The van der Waals surface area contributed by atoms with Crippen LogP contribution in [0.1, 0.15) is 24.8 Å². The van der Waals surface area contributed by atoms with Crippen LogP contribution in [0.5, 0.6) is 0 Å². The van der Waals surface area contributed by atoms with E-state index < -0.39 is 0 Å². The lowest BCUT2D eigenvalue weighted by Crippen LogP contribution is -2.46. The van der Waals surface area contributed by atoms with E-state index in [4.69, 9.17) is 23.2 Å². The number of anilines is 1. The molecule has 0 unspecified atom stereocenters. The van der Waals surface area contributed by atoms with Crippen LogP contribution in [0.4, 0.5) is 5.69 Å². The minimum Gasteiger partial charge on any atom is -0.370 e. The lowest BCUT2D eigenvalue weighted by atomic mass is 10.0. The molecule has 1 amide bonds. The second-order valence-corrected chi connectivity index (χ2v) is 9.97. The van der Waals surface area contributed by atoms with Gasteiger partial charge in [0.2, 0.25) is 5.91 Å². The van der Waals surface area contributed by atoms with Crippen LogP contribution in [0, 0.1) is 6.92 Å². The summed E-state index contributed by atoms with van der Waals surface area (Å²) in [5.74, 6) is 0.0474. The van der Waals surface area contributed by atoms with Crippen LogP contribution in [-0.2, 0) is 11.3 Å². The lowest BCUT2D eigenvalue weighted by Gasteiger charge is -2.38. The fraction of sp³-hybridized carbons (Fsp3) is 0.346. The molecule has 1 aliphatic rings. The standard InChI is InChI=1S/C26H27Cl2N5O2/c1-16-6-7-20-18(14-16)24-25(30-20)26(35)33(15-29-24)13-10-22(34)32-11-8-17(9-12-32)31(2)21-5-3-4-19(27)23(21)28/h3-7,14-15,17,30H,8-13H2,1-2H3. The number of carbonyl (C=O) groups excluding carboxylic acids is 1. The molecule has 9 heteroatoms. The number of hydrogen-bond donors (Lipinski definition) is 1. The minimum absolute atomic E-state index is 0.0474. The number of aromatic amines is 1. The lowest BCUT2D eigenvalue weighted by molar-refractivity contribution is -0.132. The number of fused-ring (bicyclic) bond motifs is 3. The van der Waals surface area contributed by atoms with Crippen molar-refractivity contribution in [2.75, 3.05) is 25.0 Å². The minimum atomic E-state index is -0.157. The number of likely N-dealkylation sites (tertiary alicyclic amines) is 1. The van der Waals surface area contributed by atoms with Gasteiger partial charge in [0, 0.05) is 50.0 Å².